The van der Waals surface area contributed by atoms with E-state index in [-0.39, 0.29) is 11.5 Å². The quantitative estimate of drug-likeness (QED) is 0.574. The van der Waals surface area contributed by atoms with Gasteiger partial charge in [-0.05, 0) is 24.3 Å². The number of hydrogen-bond donors (Lipinski definition) is 0. The smallest absolute Gasteiger partial charge is 0.439 e. The molecule has 0 amide bonds. The van der Waals surface area contributed by atoms with Crippen molar-refractivity contribution in [3.63, 3.8) is 0 Å². The van der Waals surface area contributed by atoms with Gasteiger partial charge in [-0.15, -0.1) is 15.0 Å². The van der Waals surface area contributed by atoms with Gasteiger partial charge in [-0.25, -0.2) is 14.4 Å². The predicted octanol–water partition coefficient (Wildman–Crippen LogP) is 2.48. The summed E-state index contributed by atoms with van der Waals surface area (Å²) in [4.78, 5) is 41.1. The van der Waals surface area contributed by atoms with Crippen LogP contribution in [0.3, 0.4) is 0 Å². The molecule has 0 radical (unpaired) electrons. The van der Waals surface area contributed by atoms with Gasteiger partial charge in [0.1, 0.15) is 5.75 Å². The monoisotopic (exact) mass is 323 g/mol. The Bertz CT molecular complexity index is 803. The molecule has 0 fully saturated rings. The molecule has 0 heterocycles. The normalized spacial score (nSPS) is 11.7. The van der Waals surface area contributed by atoms with Crippen LogP contribution in [0.2, 0.25) is 0 Å². The van der Waals surface area contributed by atoms with E-state index in [4.69, 9.17) is 9.47 Å². The van der Waals surface area contributed by atoms with E-state index in [2.05, 4.69) is 15.0 Å². The van der Waals surface area contributed by atoms with Crippen molar-refractivity contribution in [2.45, 2.75) is 5.97 Å². The molecule has 0 aliphatic carbocycles. The Hall–Kier alpha value is -3.82. The lowest BCUT2D eigenvalue weighted by atomic mass is 10.3. The van der Waals surface area contributed by atoms with Crippen LogP contribution in [0.5, 0.6) is 17.2 Å². The highest BCUT2D eigenvalue weighted by atomic mass is 16.6. The number of rotatable bonds is 7. The van der Waals surface area contributed by atoms with Crippen LogP contribution in [0.4, 0.5) is 0 Å². The first-order valence-electron chi connectivity index (χ1n) is 6.51. The number of carbonyl (C=O) groups excluding carboxylic acids is 3. The molecule has 0 unspecified atom stereocenters. The standard InChI is InChI=1S/C16H9N3O5/c20-10-17-16(18-11-21,19-12-22)24-15-9-5-4-8-14(15)23-13-6-2-1-3-7-13/h1-9H. The summed E-state index contributed by atoms with van der Waals surface area (Å²) in [6, 6.07) is 15.1. The van der Waals surface area contributed by atoms with Crippen LogP contribution >= 0.6 is 0 Å². The second-order valence-electron chi connectivity index (χ2n) is 4.15. The lowest BCUT2D eigenvalue weighted by molar-refractivity contribution is 0.0947. The molecule has 2 rings (SSSR count). The molecule has 0 N–H and O–H groups in total. The summed E-state index contributed by atoms with van der Waals surface area (Å²) in [5.74, 6) is -1.73. The summed E-state index contributed by atoms with van der Waals surface area (Å²) >= 11 is 0. The topological polar surface area (TPSA) is 107 Å². The predicted molar refractivity (Wildman–Crippen MR) is 80.7 cm³/mol. The van der Waals surface area contributed by atoms with Gasteiger partial charge in [-0.3, -0.25) is 0 Å². The van der Waals surface area contributed by atoms with E-state index < -0.39 is 5.97 Å². The van der Waals surface area contributed by atoms with Crippen LogP contribution in [0.1, 0.15) is 0 Å². The molecule has 8 heteroatoms. The number of benzene rings is 2. The second-order valence-corrected chi connectivity index (χ2v) is 4.15. The number of ether oxygens (including phenoxy) is 2. The van der Waals surface area contributed by atoms with E-state index >= 15 is 0 Å². The highest BCUT2D eigenvalue weighted by Gasteiger charge is 2.33. The van der Waals surface area contributed by atoms with Gasteiger partial charge >= 0.3 is 5.97 Å². The lowest BCUT2D eigenvalue weighted by Gasteiger charge is -2.19. The van der Waals surface area contributed by atoms with Crippen LogP contribution < -0.4 is 9.47 Å². The molecule has 118 valence electrons. The lowest BCUT2D eigenvalue weighted by Crippen LogP contribution is -2.29. The molecule has 24 heavy (non-hydrogen) atoms. The van der Waals surface area contributed by atoms with Crippen LogP contribution in [0, 0.1) is 0 Å². The number of isocyanates is 3. The van der Waals surface area contributed by atoms with Gasteiger partial charge in [0.15, 0.2) is 11.5 Å². The maximum atomic E-state index is 10.6. The first-order chi connectivity index (χ1) is 11.7. The summed E-state index contributed by atoms with van der Waals surface area (Å²) in [5, 5.41) is 0. The van der Waals surface area contributed by atoms with Crippen molar-refractivity contribution in [2.24, 2.45) is 15.0 Å². The summed E-state index contributed by atoms with van der Waals surface area (Å²) in [6.45, 7) is 0. The van der Waals surface area contributed by atoms with Gasteiger partial charge < -0.3 is 9.47 Å². The highest BCUT2D eigenvalue weighted by Crippen LogP contribution is 2.34. The highest BCUT2D eigenvalue weighted by molar-refractivity contribution is 5.45. The van der Waals surface area contributed by atoms with Gasteiger partial charge in [0, 0.05) is 0 Å². The van der Waals surface area contributed by atoms with Crippen molar-refractivity contribution in [1.29, 1.82) is 0 Å². The third-order valence-corrected chi connectivity index (χ3v) is 2.64. The Kier molecular flexibility index (Phi) is 5.50. The molecular formula is C16H9N3O5. The summed E-state index contributed by atoms with van der Waals surface area (Å²) in [6.07, 6.45) is 3.39. The Labute approximate surface area is 135 Å². The minimum Gasteiger partial charge on any atom is -0.453 e. The van der Waals surface area contributed by atoms with Crippen LogP contribution in [-0.4, -0.2) is 24.2 Å². The van der Waals surface area contributed by atoms with Gasteiger partial charge in [-0.2, -0.15) is 0 Å². The first kappa shape index (κ1) is 16.5. The number of hydrogen-bond acceptors (Lipinski definition) is 8. The fourth-order valence-electron chi connectivity index (χ4n) is 1.70. The molecule has 0 saturated heterocycles. The number of nitrogens with zero attached hydrogens (tertiary/aromatic N) is 3. The molecule has 0 spiro atoms. The van der Waals surface area contributed by atoms with Crippen molar-refractivity contribution in [2.75, 3.05) is 0 Å². The largest absolute Gasteiger partial charge is 0.453 e. The van der Waals surface area contributed by atoms with Crippen LogP contribution in [-0.2, 0) is 14.4 Å². The molecule has 0 aliphatic heterocycles. The fraction of sp³-hybridized carbons (Fsp3) is 0.0625. The third-order valence-electron chi connectivity index (χ3n) is 2.64. The van der Waals surface area contributed by atoms with Crippen molar-refractivity contribution in [3.8, 4) is 17.2 Å². The molecule has 2 aromatic carbocycles. The molecule has 2 aromatic rings. The molecule has 0 aliphatic rings. The third kappa shape index (κ3) is 4.10. The van der Waals surface area contributed by atoms with Crippen molar-refractivity contribution >= 4 is 18.2 Å². The molecule has 0 bridgehead atoms. The summed E-state index contributed by atoms with van der Waals surface area (Å²) in [7, 11) is 0. The summed E-state index contributed by atoms with van der Waals surface area (Å²) in [5.41, 5.74) is 0. The molecule has 0 atom stereocenters. The van der Waals surface area contributed by atoms with Crippen LogP contribution in [0.15, 0.2) is 69.6 Å². The average molecular weight is 323 g/mol. The van der Waals surface area contributed by atoms with E-state index in [9.17, 15) is 14.4 Å². The van der Waals surface area contributed by atoms with Gasteiger partial charge in [0.2, 0.25) is 18.2 Å². The summed E-state index contributed by atoms with van der Waals surface area (Å²) < 4.78 is 11.0. The van der Waals surface area contributed by atoms with Crippen LogP contribution in [0.25, 0.3) is 0 Å². The number of para-hydroxylation sites is 3. The van der Waals surface area contributed by atoms with E-state index in [0.29, 0.717) is 5.75 Å². The Balaban J connectivity index is 2.42. The molecule has 0 saturated carbocycles. The van der Waals surface area contributed by atoms with E-state index in [1.54, 1.807) is 42.5 Å². The van der Waals surface area contributed by atoms with Crippen molar-refractivity contribution in [3.05, 3.63) is 54.6 Å². The van der Waals surface area contributed by atoms with E-state index in [1.165, 1.54) is 6.07 Å². The Morgan fingerprint density at radius 1 is 0.708 bits per heavy atom. The van der Waals surface area contributed by atoms with Crippen molar-refractivity contribution < 1.29 is 23.9 Å². The average Bonchev–Trinajstić information content (AvgIpc) is 2.58. The maximum absolute atomic E-state index is 10.6. The Morgan fingerprint density at radius 3 is 1.75 bits per heavy atom. The second kappa shape index (κ2) is 7.98. The zero-order valence-corrected chi connectivity index (χ0v) is 12.1. The fourth-order valence-corrected chi connectivity index (χ4v) is 1.70. The SMILES string of the molecule is O=C=NC(N=C=O)(N=C=O)Oc1ccccc1Oc1ccccc1. The molecule has 0 aromatic heterocycles. The molecule has 8 nitrogen and oxygen atoms in total. The van der Waals surface area contributed by atoms with Gasteiger partial charge in [0.05, 0.1) is 0 Å². The minimum atomic E-state index is -2.48. The van der Waals surface area contributed by atoms with Gasteiger partial charge in [-0.1, -0.05) is 30.3 Å². The van der Waals surface area contributed by atoms with Gasteiger partial charge in [0.25, 0.3) is 0 Å². The van der Waals surface area contributed by atoms with Crippen molar-refractivity contribution in [1.82, 2.24) is 0 Å². The van der Waals surface area contributed by atoms with E-state index in [1.807, 2.05) is 6.07 Å². The molecular weight excluding hydrogens is 314 g/mol. The maximum Gasteiger partial charge on any atom is 0.439 e. The number of aliphatic imine (C=N–C) groups is 3. The minimum absolute atomic E-state index is 0.0263. The zero-order chi connectivity index (χ0) is 17.3. The van der Waals surface area contributed by atoms with E-state index in [0.717, 1.165) is 18.2 Å². The Morgan fingerprint density at radius 2 is 1.21 bits per heavy atom. The zero-order valence-electron chi connectivity index (χ0n) is 12.1. The first-order valence-corrected chi connectivity index (χ1v) is 6.51.